The van der Waals surface area contributed by atoms with Gasteiger partial charge in [0.05, 0.1) is 7.11 Å². The Bertz CT molecular complexity index is 941. The number of nitrogens with zero attached hydrogens (tertiary/aromatic N) is 2. The van der Waals surface area contributed by atoms with Crippen molar-refractivity contribution in [3.05, 3.63) is 64.7 Å². The lowest BCUT2D eigenvalue weighted by atomic mass is 9.98. The van der Waals surface area contributed by atoms with E-state index in [0.29, 0.717) is 19.5 Å². The number of piperazine rings is 2. The van der Waals surface area contributed by atoms with Crippen LogP contribution in [0, 0.1) is 13.8 Å². The summed E-state index contributed by atoms with van der Waals surface area (Å²) in [6, 6.07) is 13.2. The summed E-state index contributed by atoms with van der Waals surface area (Å²) in [5, 5.41) is 2.96. The summed E-state index contributed by atoms with van der Waals surface area (Å²) in [6.45, 7) is 6.95. The van der Waals surface area contributed by atoms with E-state index in [2.05, 4.69) is 42.3 Å². The van der Waals surface area contributed by atoms with Crippen molar-refractivity contribution in [1.29, 1.82) is 0 Å². The molecule has 0 aromatic heterocycles. The highest BCUT2D eigenvalue weighted by Crippen LogP contribution is 2.21. The van der Waals surface area contributed by atoms with Gasteiger partial charge in [-0.25, -0.2) is 0 Å². The molecule has 2 amide bonds. The number of methoxy groups -OCH3 is 1. The van der Waals surface area contributed by atoms with Crippen LogP contribution in [0.25, 0.3) is 0 Å². The highest BCUT2D eigenvalue weighted by Gasteiger charge is 2.43. The maximum Gasteiger partial charge on any atom is 0.246 e. The van der Waals surface area contributed by atoms with Gasteiger partial charge in [0.15, 0.2) is 0 Å². The number of hydrogen-bond donors (Lipinski definition) is 1. The van der Waals surface area contributed by atoms with Gasteiger partial charge in [0.1, 0.15) is 17.8 Å². The normalized spacial score (nSPS) is 21.9. The molecule has 30 heavy (non-hydrogen) atoms. The van der Waals surface area contributed by atoms with Gasteiger partial charge in [0, 0.05) is 32.6 Å². The average Bonchev–Trinajstić information content (AvgIpc) is 2.75. The van der Waals surface area contributed by atoms with E-state index in [1.54, 1.807) is 12.0 Å². The zero-order valence-electron chi connectivity index (χ0n) is 17.9. The Kier molecular flexibility index (Phi) is 5.77. The topological polar surface area (TPSA) is 61.9 Å². The van der Waals surface area contributed by atoms with E-state index in [9.17, 15) is 9.59 Å². The van der Waals surface area contributed by atoms with Gasteiger partial charge in [-0.15, -0.1) is 0 Å². The number of ether oxygens (including phenoxy) is 1. The van der Waals surface area contributed by atoms with Crippen LogP contribution in [0.3, 0.4) is 0 Å². The van der Waals surface area contributed by atoms with Crippen LogP contribution in [-0.4, -0.2) is 60.4 Å². The first-order valence-corrected chi connectivity index (χ1v) is 10.5. The molecule has 4 rings (SSSR count). The molecule has 2 aliphatic rings. The maximum absolute atomic E-state index is 13.0. The monoisotopic (exact) mass is 407 g/mol. The molecule has 2 aromatic rings. The Morgan fingerprint density at radius 1 is 1.00 bits per heavy atom. The van der Waals surface area contributed by atoms with E-state index in [1.165, 1.54) is 16.7 Å². The van der Waals surface area contributed by atoms with Gasteiger partial charge in [-0.2, -0.15) is 0 Å². The van der Waals surface area contributed by atoms with Gasteiger partial charge >= 0.3 is 0 Å². The van der Waals surface area contributed by atoms with Crippen molar-refractivity contribution in [2.45, 2.75) is 38.9 Å². The fraction of sp³-hybridized carbons (Fsp3) is 0.417. The predicted octanol–water partition coefficient (Wildman–Crippen LogP) is 2.07. The highest BCUT2D eigenvalue weighted by molar-refractivity contribution is 5.97. The number of hydrogen-bond acceptors (Lipinski definition) is 4. The van der Waals surface area contributed by atoms with E-state index in [-0.39, 0.29) is 11.8 Å². The number of carbonyl (C=O) groups is 2. The molecular weight excluding hydrogens is 378 g/mol. The number of aryl methyl sites for hydroxylation is 2. The Morgan fingerprint density at radius 2 is 1.73 bits per heavy atom. The largest absolute Gasteiger partial charge is 0.497 e. The van der Waals surface area contributed by atoms with Crippen LogP contribution in [-0.2, 0) is 22.6 Å². The molecule has 0 bridgehead atoms. The van der Waals surface area contributed by atoms with Gasteiger partial charge in [-0.05, 0) is 48.2 Å². The minimum atomic E-state index is -0.506. The molecule has 0 spiro atoms. The Labute approximate surface area is 177 Å². The third-order valence-electron chi connectivity index (χ3n) is 6.24. The summed E-state index contributed by atoms with van der Waals surface area (Å²) in [7, 11) is 1.62. The molecule has 2 atom stereocenters. The molecule has 2 fully saturated rings. The highest BCUT2D eigenvalue weighted by atomic mass is 16.5. The summed E-state index contributed by atoms with van der Waals surface area (Å²) >= 11 is 0. The maximum atomic E-state index is 13.0. The number of amides is 2. The fourth-order valence-corrected chi connectivity index (χ4v) is 4.30. The Morgan fingerprint density at radius 3 is 2.43 bits per heavy atom. The molecule has 0 aliphatic carbocycles. The van der Waals surface area contributed by atoms with E-state index in [4.69, 9.17) is 4.74 Å². The predicted molar refractivity (Wildman–Crippen MR) is 115 cm³/mol. The molecule has 6 nitrogen and oxygen atoms in total. The van der Waals surface area contributed by atoms with Crippen molar-refractivity contribution < 1.29 is 14.3 Å². The van der Waals surface area contributed by atoms with Crippen LogP contribution in [0.4, 0.5) is 0 Å². The van der Waals surface area contributed by atoms with Crippen LogP contribution in [0.1, 0.15) is 22.3 Å². The van der Waals surface area contributed by atoms with Crippen molar-refractivity contribution in [3.63, 3.8) is 0 Å². The number of rotatable bonds is 5. The number of nitrogens with one attached hydrogen (secondary N) is 1. The van der Waals surface area contributed by atoms with Gasteiger partial charge < -0.3 is 15.0 Å². The number of benzene rings is 2. The summed E-state index contributed by atoms with van der Waals surface area (Å²) in [5.41, 5.74) is 4.80. The lowest BCUT2D eigenvalue weighted by Crippen LogP contribution is -2.69. The van der Waals surface area contributed by atoms with Crippen molar-refractivity contribution in [2.75, 3.05) is 26.7 Å². The smallest absolute Gasteiger partial charge is 0.246 e. The third kappa shape index (κ3) is 4.19. The SMILES string of the molecule is COc1ccc(C[C@@H]2NC(=O)[C@H]3CN(Cc4ccc(C)c(C)c4)CCN3C2=O)cc1. The van der Waals surface area contributed by atoms with Gasteiger partial charge in [0.25, 0.3) is 0 Å². The number of fused-ring (bicyclic) bond motifs is 1. The van der Waals surface area contributed by atoms with Crippen molar-refractivity contribution in [3.8, 4) is 5.75 Å². The summed E-state index contributed by atoms with van der Waals surface area (Å²) < 4.78 is 5.18. The molecule has 2 aromatic carbocycles. The molecule has 158 valence electrons. The van der Waals surface area contributed by atoms with Crippen LogP contribution in [0.15, 0.2) is 42.5 Å². The van der Waals surface area contributed by atoms with Gasteiger partial charge in [-0.1, -0.05) is 30.3 Å². The first kappa shape index (κ1) is 20.4. The molecule has 1 N–H and O–H groups in total. The van der Waals surface area contributed by atoms with Crippen molar-refractivity contribution >= 4 is 11.8 Å². The summed E-state index contributed by atoms with van der Waals surface area (Å²) in [6.07, 6.45) is 0.490. The molecule has 0 saturated carbocycles. The molecular formula is C24H29N3O3. The van der Waals surface area contributed by atoms with Crippen LogP contribution >= 0.6 is 0 Å². The fourth-order valence-electron chi connectivity index (χ4n) is 4.30. The molecule has 2 saturated heterocycles. The van der Waals surface area contributed by atoms with Crippen LogP contribution in [0.5, 0.6) is 5.75 Å². The Balaban J connectivity index is 1.40. The second-order valence-corrected chi connectivity index (χ2v) is 8.31. The minimum Gasteiger partial charge on any atom is -0.497 e. The molecule has 2 aliphatic heterocycles. The first-order valence-electron chi connectivity index (χ1n) is 10.5. The first-order chi connectivity index (χ1) is 14.4. The third-order valence-corrected chi connectivity index (χ3v) is 6.24. The zero-order valence-corrected chi connectivity index (χ0v) is 17.9. The van der Waals surface area contributed by atoms with E-state index >= 15 is 0 Å². The van der Waals surface area contributed by atoms with Gasteiger partial charge in [-0.3, -0.25) is 14.5 Å². The number of carbonyl (C=O) groups excluding carboxylic acids is 2. The second-order valence-electron chi connectivity index (χ2n) is 8.31. The molecule has 0 unspecified atom stereocenters. The summed E-state index contributed by atoms with van der Waals surface area (Å²) in [5.74, 6) is 0.733. The molecule has 2 heterocycles. The molecule has 0 radical (unpaired) electrons. The summed E-state index contributed by atoms with van der Waals surface area (Å²) in [4.78, 5) is 29.9. The van der Waals surface area contributed by atoms with E-state index < -0.39 is 12.1 Å². The lowest BCUT2D eigenvalue weighted by Gasteiger charge is -2.45. The van der Waals surface area contributed by atoms with Crippen molar-refractivity contribution in [2.24, 2.45) is 0 Å². The minimum absolute atomic E-state index is 0.0150. The van der Waals surface area contributed by atoms with Gasteiger partial charge in [0.2, 0.25) is 11.8 Å². The molecule has 6 heteroatoms. The average molecular weight is 408 g/mol. The van der Waals surface area contributed by atoms with E-state index in [1.807, 2.05) is 24.3 Å². The van der Waals surface area contributed by atoms with E-state index in [0.717, 1.165) is 24.4 Å². The second kappa shape index (κ2) is 8.48. The van der Waals surface area contributed by atoms with Crippen molar-refractivity contribution in [1.82, 2.24) is 15.1 Å². The quantitative estimate of drug-likeness (QED) is 0.824. The standard InChI is InChI=1S/C24H29N3O3/c1-16-4-5-19(12-17(16)2)14-26-10-11-27-22(15-26)23(28)25-21(24(27)29)13-18-6-8-20(30-3)9-7-18/h4-9,12,21-22H,10-11,13-15H2,1-3H3,(H,25,28)/t21-,22+/m0/s1. The Hall–Kier alpha value is -2.86. The zero-order chi connectivity index (χ0) is 21.3. The lowest BCUT2D eigenvalue weighted by molar-refractivity contribution is -0.153. The van der Waals surface area contributed by atoms with Crippen LogP contribution < -0.4 is 10.1 Å². The van der Waals surface area contributed by atoms with Crippen LogP contribution in [0.2, 0.25) is 0 Å².